The van der Waals surface area contributed by atoms with E-state index in [9.17, 15) is 19.0 Å². The Balaban J connectivity index is 4.13. The van der Waals surface area contributed by atoms with Crippen LogP contribution >= 0.6 is 7.82 Å². The number of carbonyl (C=O) groups is 2. The molecule has 9 nitrogen and oxygen atoms in total. The normalized spacial score (nSPS) is 13.6. The summed E-state index contributed by atoms with van der Waals surface area (Å²) in [6, 6.07) is 0. The van der Waals surface area contributed by atoms with Gasteiger partial charge in [-0.05, 0) is 12.8 Å². The van der Waals surface area contributed by atoms with Crippen LogP contribution in [-0.2, 0) is 32.7 Å². The first-order chi connectivity index (χ1) is 24.5. The number of hydrogen-bond acceptors (Lipinski definition) is 7. The van der Waals surface area contributed by atoms with Crippen molar-refractivity contribution >= 4 is 19.8 Å². The van der Waals surface area contributed by atoms with Crippen molar-refractivity contribution < 1.29 is 42.1 Å². The van der Waals surface area contributed by atoms with E-state index in [0.29, 0.717) is 23.9 Å². The maximum atomic E-state index is 12.5. The molecule has 0 spiro atoms. The summed E-state index contributed by atoms with van der Waals surface area (Å²) in [7, 11) is 1.49. The number of rotatable bonds is 39. The predicted molar refractivity (Wildman–Crippen MR) is 211 cm³/mol. The number of esters is 2. The molecule has 10 heteroatoms. The van der Waals surface area contributed by atoms with E-state index in [-0.39, 0.29) is 25.6 Å². The minimum atomic E-state index is -4.36. The summed E-state index contributed by atoms with van der Waals surface area (Å²) >= 11 is 0. The van der Waals surface area contributed by atoms with E-state index >= 15 is 0 Å². The molecule has 0 saturated heterocycles. The summed E-state index contributed by atoms with van der Waals surface area (Å²) in [6.07, 6.45) is 33.2. The highest BCUT2D eigenvalue weighted by Gasteiger charge is 2.27. The molecule has 0 heterocycles. The lowest BCUT2D eigenvalue weighted by atomic mass is 10.0. The Morgan fingerprint density at radius 2 is 0.882 bits per heavy atom. The Hall–Kier alpha value is -0.990. The molecule has 0 aliphatic heterocycles. The Morgan fingerprint density at radius 3 is 1.25 bits per heavy atom. The van der Waals surface area contributed by atoms with Gasteiger partial charge in [0.15, 0.2) is 6.10 Å². The number of quaternary nitrogens is 1. The zero-order chi connectivity index (χ0) is 37.9. The molecule has 0 rings (SSSR count). The van der Waals surface area contributed by atoms with Gasteiger partial charge >= 0.3 is 19.8 Å². The summed E-state index contributed by atoms with van der Waals surface area (Å²) in [6.45, 7) is 4.40. The molecule has 1 unspecified atom stereocenters. The van der Waals surface area contributed by atoms with Gasteiger partial charge in [0.2, 0.25) is 0 Å². The van der Waals surface area contributed by atoms with Crippen LogP contribution in [-0.4, -0.2) is 74.9 Å². The maximum Gasteiger partial charge on any atom is 0.472 e. The fourth-order valence-electron chi connectivity index (χ4n) is 6.01. The molecule has 0 aromatic carbocycles. The lowest BCUT2D eigenvalue weighted by Crippen LogP contribution is -2.37. The van der Waals surface area contributed by atoms with Crippen LogP contribution in [0.3, 0.4) is 0 Å². The van der Waals surface area contributed by atoms with E-state index in [1.807, 2.05) is 21.1 Å². The molecule has 0 radical (unpaired) electrons. The van der Waals surface area contributed by atoms with Gasteiger partial charge in [-0.1, -0.05) is 174 Å². The molecule has 2 atom stereocenters. The first-order valence-electron chi connectivity index (χ1n) is 21.3. The Labute approximate surface area is 314 Å². The minimum Gasteiger partial charge on any atom is -0.462 e. The monoisotopic (exact) mass is 749 g/mol. The van der Waals surface area contributed by atoms with Crippen LogP contribution in [0.5, 0.6) is 0 Å². The van der Waals surface area contributed by atoms with Crippen molar-refractivity contribution in [1.82, 2.24) is 0 Å². The van der Waals surface area contributed by atoms with E-state index in [1.54, 1.807) is 0 Å². The summed E-state index contributed by atoms with van der Waals surface area (Å²) in [5.74, 6) is -0.794. The minimum absolute atomic E-state index is 0.0362. The fraction of sp³-hybridized carbons (Fsp3) is 0.951. The molecule has 0 aromatic heterocycles. The van der Waals surface area contributed by atoms with Gasteiger partial charge < -0.3 is 18.9 Å². The van der Waals surface area contributed by atoms with Gasteiger partial charge in [0.05, 0.1) is 27.7 Å². The van der Waals surface area contributed by atoms with E-state index in [1.165, 1.54) is 128 Å². The molecule has 0 aliphatic rings. The van der Waals surface area contributed by atoms with Gasteiger partial charge in [0.25, 0.3) is 0 Å². The first kappa shape index (κ1) is 50.0. The number of likely N-dealkylation sites (N-methyl/N-ethyl adjacent to an activating group) is 1. The Kier molecular flexibility index (Phi) is 34.1. The third-order valence-corrected chi connectivity index (χ3v) is 10.4. The number of phosphoric ester groups is 1. The lowest BCUT2D eigenvalue weighted by Gasteiger charge is -2.24. The van der Waals surface area contributed by atoms with Gasteiger partial charge in [-0.2, -0.15) is 0 Å². The topological polar surface area (TPSA) is 108 Å². The van der Waals surface area contributed by atoms with E-state index in [0.717, 1.165) is 38.5 Å². The summed E-state index contributed by atoms with van der Waals surface area (Å²) in [5.41, 5.74) is 0. The van der Waals surface area contributed by atoms with Crippen LogP contribution in [0.2, 0.25) is 0 Å². The molecule has 304 valence electrons. The van der Waals surface area contributed by atoms with E-state index in [2.05, 4.69) is 13.8 Å². The molecule has 51 heavy (non-hydrogen) atoms. The van der Waals surface area contributed by atoms with Crippen LogP contribution < -0.4 is 0 Å². The largest absolute Gasteiger partial charge is 0.472 e. The summed E-state index contributed by atoms with van der Waals surface area (Å²) < 4.78 is 34.1. The van der Waals surface area contributed by atoms with E-state index < -0.39 is 26.5 Å². The van der Waals surface area contributed by atoms with Crippen LogP contribution in [0.4, 0.5) is 0 Å². The number of hydrogen-bond donors (Lipinski definition) is 1. The lowest BCUT2D eigenvalue weighted by molar-refractivity contribution is -0.870. The summed E-state index contributed by atoms with van der Waals surface area (Å²) in [4.78, 5) is 35.1. The number of nitrogens with zero attached hydrogens (tertiary/aromatic N) is 1. The Bertz CT molecular complexity index is 850. The average Bonchev–Trinajstić information content (AvgIpc) is 3.07. The van der Waals surface area contributed by atoms with Crippen LogP contribution in [0.25, 0.3) is 0 Å². The van der Waals surface area contributed by atoms with Crippen molar-refractivity contribution in [3.63, 3.8) is 0 Å². The second-order valence-electron chi connectivity index (χ2n) is 15.7. The highest BCUT2D eigenvalue weighted by Crippen LogP contribution is 2.43. The predicted octanol–water partition coefficient (Wildman–Crippen LogP) is 11.6. The van der Waals surface area contributed by atoms with Gasteiger partial charge in [-0.25, -0.2) is 4.57 Å². The molecular weight excluding hydrogens is 665 g/mol. The SMILES string of the molecule is CCCCCCCCCCCCCCCCCCCCCCC(=O)OC[C@H](COP(=O)(O)OCC[N+](C)(C)C)OC(=O)CCCCCCCCC. The van der Waals surface area contributed by atoms with Crippen LogP contribution in [0.1, 0.15) is 200 Å². The standard InChI is InChI=1S/C41H82NO8P/c1-6-8-10-12-14-15-16-17-18-19-20-21-22-23-24-25-26-28-29-31-33-40(43)47-37-39(38-49-51(45,46)48-36-35-42(3,4)5)50-41(44)34-32-30-27-13-11-9-7-2/h39H,6-38H2,1-5H3/p+1/t39-/m1/s1. The van der Waals surface area contributed by atoms with Crippen molar-refractivity contribution in [3.05, 3.63) is 0 Å². The first-order valence-corrected chi connectivity index (χ1v) is 22.8. The molecular formula is C41H83NO8P+. The number of unbranched alkanes of at least 4 members (excludes halogenated alkanes) is 25. The molecule has 0 aromatic rings. The van der Waals surface area contributed by atoms with Crippen molar-refractivity contribution in [1.29, 1.82) is 0 Å². The third-order valence-electron chi connectivity index (χ3n) is 9.39. The average molecular weight is 749 g/mol. The Morgan fingerprint density at radius 1 is 0.529 bits per heavy atom. The maximum absolute atomic E-state index is 12.5. The molecule has 0 bridgehead atoms. The van der Waals surface area contributed by atoms with Crippen LogP contribution in [0, 0.1) is 0 Å². The van der Waals surface area contributed by atoms with Gasteiger partial charge in [-0.3, -0.25) is 18.6 Å². The number of phosphoric acid groups is 1. The highest BCUT2D eigenvalue weighted by molar-refractivity contribution is 7.47. The zero-order valence-corrected chi connectivity index (χ0v) is 35.0. The molecule has 1 N–H and O–H groups in total. The second kappa shape index (κ2) is 34.8. The quantitative estimate of drug-likeness (QED) is 0.0286. The molecule has 0 fully saturated rings. The third kappa shape index (κ3) is 38.5. The summed E-state index contributed by atoms with van der Waals surface area (Å²) in [5, 5.41) is 0. The van der Waals surface area contributed by atoms with Gasteiger partial charge in [-0.15, -0.1) is 0 Å². The second-order valence-corrected chi connectivity index (χ2v) is 17.2. The van der Waals surface area contributed by atoms with Crippen molar-refractivity contribution in [2.75, 3.05) is 47.5 Å². The smallest absolute Gasteiger partial charge is 0.462 e. The molecule has 0 saturated carbocycles. The van der Waals surface area contributed by atoms with E-state index in [4.69, 9.17) is 18.5 Å². The fourth-order valence-corrected chi connectivity index (χ4v) is 6.76. The van der Waals surface area contributed by atoms with Gasteiger partial charge in [0.1, 0.15) is 19.8 Å². The van der Waals surface area contributed by atoms with Crippen molar-refractivity contribution in [2.24, 2.45) is 0 Å². The highest BCUT2D eigenvalue weighted by atomic mass is 31.2. The van der Waals surface area contributed by atoms with Crippen molar-refractivity contribution in [3.8, 4) is 0 Å². The van der Waals surface area contributed by atoms with Gasteiger partial charge in [0, 0.05) is 12.8 Å². The van der Waals surface area contributed by atoms with Crippen molar-refractivity contribution in [2.45, 2.75) is 206 Å². The number of ether oxygens (including phenoxy) is 2. The number of carbonyl (C=O) groups excluding carboxylic acids is 2. The van der Waals surface area contributed by atoms with Crippen LogP contribution in [0.15, 0.2) is 0 Å². The molecule has 0 amide bonds. The zero-order valence-electron chi connectivity index (χ0n) is 34.1. The molecule has 0 aliphatic carbocycles.